The minimum atomic E-state index is 0.705. The molecule has 16 heavy (non-hydrogen) atoms. The van der Waals surface area contributed by atoms with E-state index in [1.807, 2.05) is 0 Å². The van der Waals surface area contributed by atoms with Crippen molar-refractivity contribution in [3.63, 3.8) is 0 Å². The van der Waals surface area contributed by atoms with Crippen LogP contribution in [0.3, 0.4) is 0 Å². The first-order chi connectivity index (χ1) is 7.68. The highest BCUT2D eigenvalue weighted by atomic mass is 79.9. The molecule has 0 aliphatic carbocycles. The van der Waals surface area contributed by atoms with Gasteiger partial charge in [-0.2, -0.15) is 0 Å². The molecule has 0 radical (unpaired) electrons. The van der Waals surface area contributed by atoms with Gasteiger partial charge in [-0.1, -0.05) is 0 Å². The largest absolute Gasteiger partial charge is 0.355 e. The molecule has 5 heteroatoms. The van der Waals surface area contributed by atoms with Crippen LogP contribution in [0.5, 0.6) is 0 Å². The van der Waals surface area contributed by atoms with Crippen LogP contribution in [0.1, 0.15) is 12.8 Å². The van der Waals surface area contributed by atoms with E-state index in [-0.39, 0.29) is 0 Å². The number of hydrogen-bond acceptors (Lipinski definition) is 4. The van der Waals surface area contributed by atoms with Crippen molar-refractivity contribution < 1.29 is 0 Å². The molecule has 0 amide bonds. The number of halogens is 1. The maximum absolute atomic E-state index is 4.33. The molecule has 0 spiro atoms. The first kappa shape index (κ1) is 11.8. The van der Waals surface area contributed by atoms with Gasteiger partial charge in [0.25, 0.3) is 0 Å². The number of rotatable bonds is 2. The van der Waals surface area contributed by atoms with E-state index in [0.29, 0.717) is 6.04 Å². The Morgan fingerprint density at radius 3 is 2.62 bits per heavy atom. The van der Waals surface area contributed by atoms with Gasteiger partial charge in [-0.15, -0.1) is 0 Å². The highest BCUT2D eigenvalue weighted by Gasteiger charge is 2.22. The lowest BCUT2D eigenvalue weighted by atomic mass is 10.0. The fraction of sp³-hybridized carbons (Fsp3) is 0.636. The van der Waals surface area contributed by atoms with Crippen LogP contribution < -0.4 is 4.90 Å². The van der Waals surface area contributed by atoms with Gasteiger partial charge in [0.05, 0.1) is 4.47 Å². The molecule has 1 aromatic heterocycles. The van der Waals surface area contributed by atoms with E-state index >= 15 is 0 Å². The van der Waals surface area contributed by atoms with Crippen LogP contribution in [-0.2, 0) is 0 Å². The summed E-state index contributed by atoms with van der Waals surface area (Å²) >= 11 is 3.50. The average Bonchev–Trinajstić information content (AvgIpc) is 2.30. The van der Waals surface area contributed by atoms with Gasteiger partial charge in [-0.25, -0.2) is 9.97 Å². The normalized spacial score (nSPS) is 18.1. The predicted octanol–water partition coefficient (Wildman–Crippen LogP) is 1.77. The standard InChI is InChI=1S/C11H17BrN4/c1-15(2)9-3-5-16(6-4-9)11-10(12)7-13-8-14-11/h7-9H,3-6H2,1-2H3. The molecule has 0 unspecified atom stereocenters. The number of nitrogens with zero attached hydrogens (tertiary/aromatic N) is 4. The Morgan fingerprint density at radius 2 is 2.06 bits per heavy atom. The van der Waals surface area contributed by atoms with Gasteiger partial charge in [0.1, 0.15) is 12.1 Å². The first-order valence-corrected chi connectivity index (χ1v) is 6.34. The summed E-state index contributed by atoms with van der Waals surface area (Å²) < 4.78 is 0.985. The third-order valence-electron chi connectivity index (χ3n) is 3.14. The number of aromatic nitrogens is 2. The van der Waals surface area contributed by atoms with E-state index in [4.69, 9.17) is 0 Å². The van der Waals surface area contributed by atoms with Crippen molar-refractivity contribution in [2.24, 2.45) is 0 Å². The quantitative estimate of drug-likeness (QED) is 0.829. The fourth-order valence-electron chi connectivity index (χ4n) is 2.13. The van der Waals surface area contributed by atoms with Gasteiger partial charge in [-0.3, -0.25) is 0 Å². The summed E-state index contributed by atoms with van der Waals surface area (Å²) in [6, 6.07) is 0.705. The Morgan fingerprint density at radius 1 is 1.38 bits per heavy atom. The molecule has 1 saturated heterocycles. The van der Waals surface area contributed by atoms with Gasteiger partial charge >= 0.3 is 0 Å². The average molecular weight is 285 g/mol. The van der Waals surface area contributed by atoms with E-state index < -0.39 is 0 Å². The Kier molecular flexibility index (Phi) is 3.76. The predicted molar refractivity (Wildman–Crippen MR) is 68.7 cm³/mol. The van der Waals surface area contributed by atoms with Crippen molar-refractivity contribution in [2.45, 2.75) is 18.9 Å². The lowest BCUT2D eigenvalue weighted by Gasteiger charge is -2.36. The minimum Gasteiger partial charge on any atom is -0.355 e. The molecular formula is C11H17BrN4. The van der Waals surface area contributed by atoms with Gasteiger partial charge in [0.2, 0.25) is 0 Å². The summed E-state index contributed by atoms with van der Waals surface area (Å²) in [5.41, 5.74) is 0. The Bertz CT molecular complexity index is 348. The van der Waals surface area contributed by atoms with E-state index in [1.54, 1.807) is 12.5 Å². The van der Waals surface area contributed by atoms with Gasteiger partial charge in [0.15, 0.2) is 0 Å². The highest BCUT2D eigenvalue weighted by Crippen LogP contribution is 2.25. The van der Waals surface area contributed by atoms with Crippen LogP contribution in [0.15, 0.2) is 17.0 Å². The van der Waals surface area contributed by atoms with Crippen LogP contribution in [-0.4, -0.2) is 48.1 Å². The van der Waals surface area contributed by atoms with E-state index in [0.717, 1.165) is 23.4 Å². The van der Waals surface area contributed by atoms with Gasteiger partial charge in [0, 0.05) is 25.3 Å². The van der Waals surface area contributed by atoms with Crippen LogP contribution in [0.2, 0.25) is 0 Å². The smallest absolute Gasteiger partial charge is 0.146 e. The number of anilines is 1. The second-order valence-electron chi connectivity index (χ2n) is 4.38. The third kappa shape index (κ3) is 2.52. The summed E-state index contributed by atoms with van der Waals surface area (Å²) in [6.45, 7) is 2.14. The molecule has 0 aromatic carbocycles. The van der Waals surface area contributed by atoms with Crippen molar-refractivity contribution in [2.75, 3.05) is 32.1 Å². The SMILES string of the molecule is CN(C)C1CCN(c2ncncc2Br)CC1. The maximum Gasteiger partial charge on any atom is 0.146 e. The highest BCUT2D eigenvalue weighted by molar-refractivity contribution is 9.10. The number of piperidine rings is 1. The van der Waals surface area contributed by atoms with Gasteiger partial charge in [-0.05, 0) is 42.9 Å². The Hall–Kier alpha value is -0.680. The Balaban J connectivity index is 2.02. The zero-order chi connectivity index (χ0) is 11.5. The molecule has 1 aliphatic rings. The lowest BCUT2D eigenvalue weighted by molar-refractivity contribution is 0.249. The summed E-state index contributed by atoms with van der Waals surface area (Å²) in [7, 11) is 4.31. The molecule has 88 valence electrons. The van der Waals surface area contributed by atoms with E-state index in [2.05, 4.69) is 49.8 Å². The van der Waals surface area contributed by atoms with Gasteiger partial charge < -0.3 is 9.80 Å². The fourth-order valence-corrected chi connectivity index (χ4v) is 2.60. The Labute approximate surface area is 105 Å². The summed E-state index contributed by atoms with van der Waals surface area (Å²) in [5.74, 6) is 1.02. The summed E-state index contributed by atoms with van der Waals surface area (Å²) in [5, 5.41) is 0. The monoisotopic (exact) mass is 284 g/mol. The molecule has 2 heterocycles. The first-order valence-electron chi connectivity index (χ1n) is 5.55. The minimum absolute atomic E-state index is 0.705. The van der Waals surface area contributed by atoms with Crippen molar-refractivity contribution >= 4 is 21.7 Å². The van der Waals surface area contributed by atoms with E-state index in [9.17, 15) is 0 Å². The zero-order valence-electron chi connectivity index (χ0n) is 9.73. The zero-order valence-corrected chi connectivity index (χ0v) is 11.3. The molecule has 0 bridgehead atoms. The van der Waals surface area contributed by atoms with Crippen LogP contribution >= 0.6 is 15.9 Å². The lowest BCUT2D eigenvalue weighted by Crippen LogP contribution is -2.42. The molecule has 0 N–H and O–H groups in total. The summed E-state index contributed by atoms with van der Waals surface area (Å²) in [6.07, 6.45) is 5.81. The van der Waals surface area contributed by atoms with Crippen molar-refractivity contribution in [1.82, 2.24) is 14.9 Å². The van der Waals surface area contributed by atoms with Crippen LogP contribution in [0, 0.1) is 0 Å². The van der Waals surface area contributed by atoms with E-state index in [1.165, 1.54) is 12.8 Å². The van der Waals surface area contributed by atoms with Crippen molar-refractivity contribution in [3.05, 3.63) is 17.0 Å². The van der Waals surface area contributed by atoms with Crippen LogP contribution in [0.4, 0.5) is 5.82 Å². The third-order valence-corrected chi connectivity index (χ3v) is 3.70. The summed E-state index contributed by atoms with van der Waals surface area (Å²) in [4.78, 5) is 13.0. The topological polar surface area (TPSA) is 32.3 Å². The number of hydrogen-bond donors (Lipinski definition) is 0. The molecule has 4 nitrogen and oxygen atoms in total. The second kappa shape index (κ2) is 5.10. The molecule has 2 rings (SSSR count). The molecule has 0 atom stereocenters. The van der Waals surface area contributed by atoms with Crippen molar-refractivity contribution in [1.29, 1.82) is 0 Å². The van der Waals surface area contributed by atoms with Crippen LogP contribution in [0.25, 0.3) is 0 Å². The maximum atomic E-state index is 4.33. The molecular weight excluding hydrogens is 268 g/mol. The second-order valence-corrected chi connectivity index (χ2v) is 5.23. The molecule has 0 saturated carbocycles. The molecule has 1 fully saturated rings. The molecule has 1 aromatic rings. The molecule has 1 aliphatic heterocycles. The van der Waals surface area contributed by atoms with Crippen molar-refractivity contribution in [3.8, 4) is 0 Å².